The fraction of sp³-hybridized carbons (Fsp3) is 0.368. The Morgan fingerprint density at radius 2 is 2.08 bits per heavy atom. The second kappa shape index (κ2) is 6.51. The maximum Gasteiger partial charge on any atom is 0.311 e. The lowest BCUT2D eigenvalue weighted by molar-refractivity contribution is -0.136. The number of carboxylic acid groups (broad SMARTS) is 1. The summed E-state index contributed by atoms with van der Waals surface area (Å²) in [6.07, 6.45) is 3.10. The molecule has 3 rings (SSSR count). The van der Waals surface area contributed by atoms with Crippen molar-refractivity contribution in [3.8, 4) is 0 Å². The molecular weight excluding hydrogens is 306 g/mol. The monoisotopic (exact) mass is 327 g/mol. The zero-order chi connectivity index (χ0) is 17.3. The molecule has 0 spiro atoms. The Hall–Kier alpha value is -2.56. The van der Waals surface area contributed by atoms with Crippen LogP contribution in [0.5, 0.6) is 0 Å². The lowest BCUT2D eigenvalue weighted by atomic mass is 9.96. The van der Waals surface area contributed by atoms with E-state index in [0.29, 0.717) is 23.6 Å². The first kappa shape index (κ1) is 16.3. The predicted molar refractivity (Wildman–Crippen MR) is 90.6 cm³/mol. The number of anilines is 1. The number of fused-ring (bicyclic) bond motifs is 1. The molecule has 1 aromatic heterocycles. The number of hydrogen-bond donors (Lipinski definition) is 1. The highest BCUT2D eigenvalue weighted by Crippen LogP contribution is 2.35. The maximum atomic E-state index is 13.2. The number of aryl methyl sites for hydroxylation is 1. The van der Waals surface area contributed by atoms with Crippen LogP contribution in [0.4, 0.5) is 5.69 Å². The summed E-state index contributed by atoms with van der Waals surface area (Å²) in [6.45, 7) is 4.57. The van der Waals surface area contributed by atoms with Gasteiger partial charge in [-0.2, -0.15) is 0 Å². The lowest BCUT2D eigenvalue weighted by Crippen LogP contribution is -2.32. The van der Waals surface area contributed by atoms with Gasteiger partial charge in [-0.15, -0.1) is 0 Å². The number of aliphatic carboxylic acids is 1. The number of benzene rings is 1. The molecular formula is C19H21NO4. The second-order valence-electron chi connectivity index (χ2n) is 6.35. The van der Waals surface area contributed by atoms with Crippen molar-refractivity contribution >= 4 is 17.6 Å². The van der Waals surface area contributed by atoms with Gasteiger partial charge in [0, 0.05) is 17.8 Å². The van der Waals surface area contributed by atoms with E-state index in [1.54, 1.807) is 11.8 Å². The van der Waals surface area contributed by atoms with E-state index in [4.69, 9.17) is 9.52 Å². The van der Waals surface area contributed by atoms with Crippen molar-refractivity contribution in [2.75, 3.05) is 11.4 Å². The number of para-hydroxylation sites is 1. The largest absolute Gasteiger partial charge is 0.481 e. The van der Waals surface area contributed by atoms with E-state index in [9.17, 15) is 9.59 Å². The molecule has 24 heavy (non-hydrogen) atoms. The third-order valence-corrected chi connectivity index (χ3v) is 4.60. The molecule has 1 aliphatic rings. The number of rotatable bonds is 3. The van der Waals surface area contributed by atoms with E-state index in [-0.39, 0.29) is 18.1 Å². The molecule has 1 atom stereocenters. The molecule has 5 nitrogen and oxygen atoms in total. The summed E-state index contributed by atoms with van der Waals surface area (Å²) < 4.78 is 5.33. The van der Waals surface area contributed by atoms with Crippen molar-refractivity contribution in [2.45, 2.75) is 39.0 Å². The smallest absolute Gasteiger partial charge is 0.311 e. The molecule has 0 radical (unpaired) electrons. The van der Waals surface area contributed by atoms with E-state index >= 15 is 0 Å². The average molecular weight is 327 g/mol. The summed E-state index contributed by atoms with van der Waals surface area (Å²) in [7, 11) is 0. The molecule has 126 valence electrons. The Balaban J connectivity index is 2.03. The van der Waals surface area contributed by atoms with E-state index < -0.39 is 5.97 Å². The molecule has 1 N–H and O–H groups in total. The zero-order valence-corrected chi connectivity index (χ0v) is 13.9. The molecule has 1 unspecified atom stereocenters. The van der Waals surface area contributed by atoms with Gasteiger partial charge in [0.05, 0.1) is 11.8 Å². The molecule has 2 heterocycles. The van der Waals surface area contributed by atoms with Gasteiger partial charge >= 0.3 is 5.97 Å². The second-order valence-corrected chi connectivity index (χ2v) is 6.35. The van der Waals surface area contributed by atoms with Crippen LogP contribution >= 0.6 is 0 Å². The molecule has 0 saturated carbocycles. The summed E-state index contributed by atoms with van der Waals surface area (Å²) in [5, 5.41) is 9.05. The minimum Gasteiger partial charge on any atom is -0.481 e. The van der Waals surface area contributed by atoms with Gasteiger partial charge < -0.3 is 14.4 Å². The first-order chi connectivity index (χ1) is 11.5. The highest BCUT2D eigenvalue weighted by Gasteiger charge is 2.29. The van der Waals surface area contributed by atoms with Gasteiger partial charge in [0.15, 0.2) is 0 Å². The Bertz CT molecular complexity index is 777. The molecule has 0 aliphatic carbocycles. The molecule has 0 fully saturated rings. The Kier molecular flexibility index (Phi) is 4.42. The van der Waals surface area contributed by atoms with Crippen LogP contribution in [0.2, 0.25) is 0 Å². The van der Waals surface area contributed by atoms with Gasteiger partial charge in [-0.1, -0.05) is 25.1 Å². The van der Waals surface area contributed by atoms with Crippen molar-refractivity contribution < 1.29 is 19.1 Å². The van der Waals surface area contributed by atoms with Crippen molar-refractivity contribution in [1.29, 1.82) is 0 Å². The van der Waals surface area contributed by atoms with Gasteiger partial charge in [0.1, 0.15) is 12.2 Å². The lowest BCUT2D eigenvalue weighted by Gasteiger charge is -2.23. The molecule has 5 heteroatoms. The third-order valence-electron chi connectivity index (χ3n) is 4.60. The number of furan rings is 1. The summed E-state index contributed by atoms with van der Waals surface area (Å²) >= 11 is 0. The van der Waals surface area contributed by atoms with E-state index in [1.807, 2.05) is 18.2 Å². The van der Waals surface area contributed by atoms with E-state index in [1.165, 1.54) is 6.26 Å². The quantitative estimate of drug-likeness (QED) is 0.932. The number of hydrogen-bond acceptors (Lipinski definition) is 3. The number of amides is 1. The third kappa shape index (κ3) is 2.94. The van der Waals surface area contributed by atoms with Crippen LogP contribution in [-0.4, -0.2) is 23.5 Å². The number of carbonyl (C=O) groups is 2. The van der Waals surface area contributed by atoms with Crippen molar-refractivity contribution in [3.05, 3.63) is 53.0 Å². The minimum absolute atomic E-state index is 0.181. The van der Waals surface area contributed by atoms with Gasteiger partial charge in [0.2, 0.25) is 0 Å². The van der Waals surface area contributed by atoms with Crippen LogP contribution in [0.25, 0.3) is 0 Å². The zero-order valence-electron chi connectivity index (χ0n) is 13.9. The Labute approximate surface area is 140 Å². The predicted octanol–water partition coefficient (Wildman–Crippen LogP) is 3.76. The van der Waals surface area contributed by atoms with Crippen LogP contribution in [-0.2, 0) is 11.2 Å². The highest BCUT2D eigenvalue weighted by molar-refractivity contribution is 6.08. The van der Waals surface area contributed by atoms with Gasteiger partial charge in [-0.25, -0.2) is 0 Å². The van der Waals surface area contributed by atoms with Crippen LogP contribution in [0.1, 0.15) is 52.9 Å². The average Bonchev–Trinajstić information content (AvgIpc) is 2.81. The van der Waals surface area contributed by atoms with Gasteiger partial charge in [0.25, 0.3) is 5.91 Å². The molecule has 1 aliphatic heterocycles. The summed E-state index contributed by atoms with van der Waals surface area (Å²) in [6, 6.07) is 7.94. The first-order valence-corrected chi connectivity index (χ1v) is 8.18. The fourth-order valence-electron chi connectivity index (χ4n) is 3.38. The fourth-order valence-corrected chi connectivity index (χ4v) is 3.38. The molecule has 0 saturated heterocycles. The van der Waals surface area contributed by atoms with Crippen molar-refractivity contribution in [1.82, 2.24) is 0 Å². The summed E-state index contributed by atoms with van der Waals surface area (Å²) in [5.74, 6) is -0.579. The maximum absolute atomic E-state index is 13.2. The summed E-state index contributed by atoms with van der Waals surface area (Å²) in [4.78, 5) is 26.0. The highest BCUT2D eigenvalue weighted by atomic mass is 16.4. The Morgan fingerprint density at radius 3 is 2.83 bits per heavy atom. The van der Waals surface area contributed by atoms with Crippen LogP contribution in [0, 0.1) is 6.92 Å². The van der Waals surface area contributed by atoms with Crippen molar-refractivity contribution in [2.24, 2.45) is 0 Å². The number of carbonyl (C=O) groups excluding carboxylic acids is 1. The SMILES string of the molecule is Cc1coc(CC(=O)O)c1C(=O)N1CCCC(C)c2ccccc21. The minimum atomic E-state index is -1.01. The topological polar surface area (TPSA) is 70.7 Å². The van der Waals surface area contributed by atoms with Crippen LogP contribution in [0.3, 0.4) is 0 Å². The Morgan fingerprint density at radius 1 is 1.33 bits per heavy atom. The van der Waals surface area contributed by atoms with Crippen LogP contribution in [0.15, 0.2) is 34.9 Å². The van der Waals surface area contributed by atoms with E-state index in [2.05, 4.69) is 13.0 Å². The number of carboxylic acids is 1. The van der Waals surface area contributed by atoms with Crippen molar-refractivity contribution in [3.63, 3.8) is 0 Å². The van der Waals surface area contributed by atoms with Crippen LogP contribution < -0.4 is 4.90 Å². The normalized spacial score (nSPS) is 17.2. The summed E-state index contributed by atoms with van der Waals surface area (Å²) in [5.41, 5.74) is 3.12. The standard InChI is InChI=1S/C19H21NO4/c1-12-6-5-9-20(15-8-4-3-7-14(12)15)19(23)18-13(2)11-24-16(18)10-17(21)22/h3-4,7-8,11-12H,5-6,9-10H2,1-2H3,(H,21,22). The van der Waals surface area contributed by atoms with Gasteiger partial charge in [-0.3, -0.25) is 9.59 Å². The molecule has 1 aromatic carbocycles. The van der Waals surface area contributed by atoms with Gasteiger partial charge in [-0.05, 0) is 37.3 Å². The first-order valence-electron chi connectivity index (χ1n) is 8.18. The number of nitrogens with zero attached hydrogens (tertiary/aromatic N) is 1. The molecule has 1 amide bonds. The molecule has 2 aromatic rings. The van der Waals surface area contributed by atoms with E-state index in [0.717, 1.165) is 24.1 Å². The molecule has 0 bridgehead atoms.